The van der Waals surface area contributed by atoms with Gasteiger partial charge in [0.15, 0.2) is 6.10 Å². The van der Waals surface area contributed by atoms with Gasteiger partial charge in [-0.05, 0) is 51.4 Å². The van der Waals surface area contributed by atoms with Gasteiger partial charge >= 0.3 is 11.9 Å². The fourth-order valence-corrected chi connectivity index (χ4v) is 13.3. The normalized spacial score (nSPS) is 13.2. The number of quaternary nitrogens is 1. The van der Waals surface area contributed by atoms with Gasteiger partial charge in [-0.3, -0.25) is 14.2 Å². The van der Waals surface area contributed by atoms with Crippen LogP contribution in [0.5, 0.6) is 0 Å². The molecule has 554 valence electrons. The maximum absolute atomic E-state index is 12.9. The Hall–Kier alpha value is -2.03. The number of hydrogen-bond donors (Lipinski definition) is 0. The Morgan fingerprint density at radius 3 is 0.904 bits per heavy atom. The van der Waals surface area contributed by atoms with Gasteiger partial charge < -0.3 is 27.9 Å². The number of nitrogens with zero attached hydrogens (tertiary/aromatic N) is 1. The second kappa shape index (κ2) is 75.2. The summed E-state index contributed by atoms with van der Waals surface area (Å²) < 4.78 is 34.5. The third-order valence-electron chi connectivity index (χ3n) is 18.9. The second-order valence-electron chi connectivity index (χ2n) is 29.5. The molecule has 0 fully saturated rings. The Morgan fingerprint density at radius 1 is 0.340 bits per heavy atom. The van der Waals surface area contributed by atoms with E-state index in [-0.39, 0.29) is 32.0 Å². The van der Waals surface area contributed by atoms with Crippen molar-refractivity contribution in [1.82, 2.24) is 0 Å². The first-order valence-electron chi connectivity index (χ1n) is 41.3. The number of carbonyl (C=O) groups is 2. The highest BCUT2D eigenvalue weighted by Crippen LogP contribution is 2.38. The monoisotopic (exact) mass is 1340 g/mol. The van der Waals surface area contributed by atoms with Crippen LogP contribution in [0.3, 0.4) is 0 Å². The van der Waals surface area contributed by atoms with Crippen LogP contribution in [0, 0.1) is 0 Å². The molecular weight excluding hydrogens is 1180 g/mol. The van der Waals surface area contributed by atoms with E-state index in [1.54, 1.807) is 0 Å². The van der Waals surface area contributed by atoms with Crippen LogP contribution in [-0.4, -0.2) is 70.0 Å². The van der Waals surface area contributed by atoms with Crippen molar-refractivity contribution in [3.05, 3.63) is 48.6 Å². The number of likely N-dealkylation sites (N-methyl/N-ethyl adjacent to an activating group) is 1. The maximum Gasteiger partial charge on any atom is 0.306 e. The summed E-state index contributed by atoms with van der Waals surface area (Å²) >= 11 is 0. The Kier molecular flexibility index (Phi) is 73.6. The first kappa shape index (κ1) is 92.0. The Balaban J connectivity index is 3.88. The molecule has 0 aliphatic carbocycles. The number of unbranched alkanes of at least 4 members (excludes halogenated alkanes) is 56. The molecule has 0 rings (SSSR count). The van der Waals surface area contributed by atoms with Crippen molar-refractivity contribution in [2.75, 3.05) is 47.5 Å². The van der Waals surface area contributed by atoms with Gasteiger partial charge in [-0.25, -0.2) is 0 Å². The molecule has 0 aromatic rings. The molecule has 0 radical (unpaired) electrons. The minimum Gasteiger partial charge on any atom is -0.756 e. The van der Waals surface area contributed by atoms with E-state index in [1.807, 2.05) is 21.1 Å². The van der Waals surface area contributed by atoms with E-state index in [4.69, 9.17) is 18.5 Å². The van der Waals surface area contributed by atoms with Gasteiger partial charge in [0.25, 0.3) is 7.82 Å². The molecule has 10 heteroatoms. The van der Waals surface area contributed by atoms with Gasteiger partial charge in [-0.1, -0.05) is 409 Å². The summed E-state index contributed by atoms with van der Waals surface area (Å²) in [6.45, 7) is 4.22. The molecule has 2 unspecified atom stereocenters. The zero-order valence-corrected chi connectivity index (χ0v) is 64.3. The molecule has 0 spiro atoms. The quantitative estimate of drug-likeness (QED) is 0.0195. The van der Waals surface area contributed by atoms with Gasteiger partial charge in [-0.15, -0.1) is 0 Å². The van der Waals surface area contributed by atoms with Crippen LogP contribution < -0.4 is 4.89 Å². The molecule has 0 bridgehead atoms. The molecule has 0 saturated carbocycles. The molecule has 0 aliphatic rings. The lowest BCUT2D eigenvalue weighted by Crippen LogP contribution is -2.37. The average Bonchev–Trinajstić information content (AvgIpc) is 1.56. The summed E-state index contributed by atoms with van der Waals surface area (Å²) in [4.78, 5) is 38.2. The number of hydrogen-bond acceptors (Lipinski definition) is 8. The third kappa shape index (κ3) is 79.0. The van der Waals surface area contributed by atoms with Crippen LogP contribution in [0.4, 0.5) is 0 Å². The lowest BCUT2D eigenvalue weighted by atomic mass is 10.0. The van der Waals surface area contributed by atoms with E-state index in [2.05, 4.69) is 62.5 Å². The lowest BCUT2D eigenvalue weighted by Gasteiger charge is -2.28. The number of carbonyl (C=O) groups excluding carboxylic acids is 2. The summed E-state index contributed by atoms with van der Waals surface area (Å²) in [6.07, 6.45) is 99.7. The van der Waals surface area contributed by atoms with E-state index < -0.39 is 26.5 Å². The Morgan fingerprint density at radius 2 is 0.606 bits per heavy atom. The van der Waals surface area contributed by atoms with Crippen LogP contribution in [0.25, 0.3) is 0 Å². The molecule has 0 saturated heterocycles. The van der Waals surface area contributed by atoms with Crippen LogP contribution in [-0.2, 0) is 32.7 Å². The predicted molar refractivity (Wildman–Crippen MR) is 407 cm³/mol. The van der Waals surface area contributed by atoms with Crippen molar-refractivity contribution in [3.63, 3.8) is 0 Å². The number of rotatable bonds is 78. The molecule has 0 heterocycles. The first-order valence-corrected chi connectivity index (χ1v) is 42.8. The molecule has 0 aromatic heterocycles. The first-order chi connectivity index (χ1) is 46.0. The van der Waals surface area contributed by atoms with Crippen LogP contribution in [0.2, 0.25) is 0 Å². The zero-order valence-electron chi connectivity index (χ0n) is 63.4. The van der Waals surface area contributed by atoms with E-state index in [0.29, 0.717) is 17.4 Å². The second-order valence-corrected chi connectivity index (χ2v) is 30.9. The summed E-state index contributed by atoms with van der Waals surface area (Å²) in [5.74, 6) is -0.805. The van der Waals surface area contributed by atoms with Gasteiger partial charge in [0, 0.05) is 12.8 Å². The van der Waals surface area contributed by atoms with Crippen LogP contribution >= 0.6 is 7.82 Å². The van der Waals surface area contributed by atoms with Gasteiger partial charge in [0.1, 0.15) is 19.8 Å². The number of ether oxygens (including phenoxy) is 2. The van der Waals surface area contributed by atoms with Crippen molar-refractivity contribution in [1.29, 1.82) is 0 Å². The van der Waals surface area contributed by atoms with Crippen molar-refractivity contribution in [2.24, 2.45) is 0 Å². The highest BCUT2D eigenvalue weighted by Gasteiger charge is 2.22. The van der Waals surface area contributed by atoms with Gasteiger partial charge in [0.05, 0.1) is 27.7 Å². The number of allylic oxidation sites excluding steroid dienone is 8. The minimum absolute atomic E-state index is 0.0271. The van der Waals surface area contributed by atoms with E-state index >= 15 is 0 Å². The number of phosphoric acid groups is 1. The lowest BCUT2D eigenvalue weighted by molar-refractivity contribution is -0.870. The fraction of sp³-hybridized carbons (Fsp3) is 0.881. The molecular formula is C84H160NO8P. The van der Waals surface area contributed by atoms with E-state index in [1.165, 1.54) is 334 Å². The number of phosphoric ester groups is 1. The van der Waals surface area contributed by atoms with Gasteiger partial charge in [0.2, 0.25) is 0 Å². The SMILES string of the molecule is CC/C=C\C/C=C\C/C=C\C/C=C\CCCCCCCCCCCCCCCCCCCCCCCCCCC(=O)OC(COC(=O)CCCCCCCCCCCCCCCCCCCCCCCCCCCCCCCCCCC)COP(=O)([O-])OCC[N+](C)(C)C. The molecule has 9 nitrogen and oxygen atoms in total. The number of esters is 2. The standard InChI is InChI=1S/C84H160NO8P/c1-6-8-10-12-14-16-18-20-22-24-26-28-30-32-34-36-38-40-41-42-43-45-47-49-51-53-55-57-59-61-63-65-67-69-71-73-75-77-84(87)93-82(81-92-94(88,89)91-79-78-85(3,4)5)80-90-83(86)76-74-72-70-68-66-64-62-60-58-56-54-52-50-48-46-44-39-37-35-33-31-29-27-25-23-21-19-17-15-13-11-9-7-2/h8,10,14,16,20,22,26,28,82H,6-7,9,11-13,15,17-19,21,23-25,27,29-81H2,1-5H3/b10-8-,16-14-,22-20-,28-26-. The van der Waals surface area contributed by atoms with E-state index in [9.17, 15) is 19.0 Å². The largest absolute Gasteiger partial charge is 0.756 e. The van der Waals surface area contributed by atoms with Crippen molar-refractivity contribution >= 4 is 19.8 Å². The minimum atomic E-state index is -4.64. The Labute approximate surface area is 585 Å². The maximum atomic E-state index is 12.9. The molecule has 0 aliphatic heterocycles. The van der Waals surface area contributed by atoms with Crippen LogP contribution in [0.15, 0.2) is 48.6 Å². The highest BCUT2D eigenvalue weighted by molar-refractivity contribution is 7.45. The molecule has 0 amide bonds. The summed E-state index contributed by atoms with van der Waals surface area (Å²) in [7, 11) is 1.19. The highest BCUT2D eigenvalue weighted by atomic mass is 31.2. The molecule has 0 aromatic carbocycles. The average molecular weight is 1340 g/mol. The third-order valence-corrected chi connectivity index (χ3v) is 19.8. The predicted octanol–water partition coefficient (Wildman–Crippen LogP) is 26.9. The van der Waals surface area contributed by atoms with E-state index in [0.717, 1.165) is 57.8 Å². The smallest absolute Gasteiger partial charge is 0.306 e. The topological polar surface area (TPSA) is 111 Å². The molecule has 94 heavy (non-hydrogen) atoms. The summed E-state index contributed by atoms with van der Waals surface area (Å²) in [6, 6.07) is 0. The van der Waals surface area contributed by atoms with Crippen molar-refractivity contribution in [3.8, 4) is 0 Å². The summed E-state index contributed by atoms with van der Waals surface area (Å²) in [5, 5.41) is 0. The van der Waals surface area contributed by atoms with Crippen molar-refractivity contribution < 1.29 is 42.1 Å². The van der Waals surface area contributed by atoms with Gasteiger partial charge in [-0.2, -0.15) is 0 Å². The Bertz CT molecular complexity index is 1720. The van der Waals surface area contributed by atoms with Crippen LogP contribution in [0.1, 0.15) is 425 Å². The van der Waals surface area contributed by atoms with Crippen molar-refractivity contribution in [2.45, 2.75) is 431 Å². The molecule has 0 N–H and O–H groups in total. The summed E-state index contributed by atoms with van der Waals surface area (Å²) in [5.41, 5.74) is 0. The fourth-order valence-electron chi connectivity index (χ4n) is 12.6. The zero-order chi connectivity index (χ0) is 68.3. The molecule has 2 atom stereocenters.